The molecule has 9 aromatic rings. The summed E-state index contributed by atoms with van der Waals surface area (Å²) in [6, 6.07) is 61.6. The molecule has 0 aliphatic rings. The molecule has 0 spiro atoms. The first-order chi connectivity index (χ1) is 24.3. The van der Waals surface area contributed by atoms with E-state index in [1.807, 2.05) is 47.7 Å². The van der Waals surface area contributed by atoms with E-state index in [0.717, 1.165) is 22.3 Å². The lowest BCUT2D eigenvalue weighted by Crippen LogP contribution is -2.00. The summed E-state index contributed by atoms with van der Waals surface area (Å²) in [5.41, 5.74) is 10.0. The molecule has 2 aromatic heterocycles. The summed E-state index contributed by atoms with van der Waals surface area (Å²) >= 11 is 1.82. The van der Waals surface area contributed by atoms with Gasteiger partial charge in [-0.05, 0) is 57.6 Å². The summed E-state index contributed by atoms with van der Waals surface area (Å²) < 4.78 is 2.51. The molecule has 2 heterocycles. The van der Waals surface area contributed by atoms with Crippen molar-refractivity contribution in [3.8, 4) is 67.5 Å². The van der Waals surface area contributed by atoms with Crippen molar-refractivity contribution in [2.24, 2.45) is 0 Å². The van der Waals surface area contributed by atoms with Crippen LogP contribution < -0.4 is 0 Å². The summed E-state index contributed by atoms with van der Waals surface area (Å²) in [5, 5.41) is 2.48. The van der Waals surface area contributed by atoms with E-state index in [0.29, 0.717) is 17.5 Å². The van der Waals surface area contributed by atoms with Gasteiger partial charge in [0.15, 0.2) is 17.5 Å². The number of rotatable bonds is 6. The van der Waals surface area contributed by atoms with Crippen molar-refractivity contribution in [3.05, 3.63) is 176 Å². The second-order valence-electron chi connectivity index (χ2n) is 12.1. The molecular formula is C45H29N3S. The maximum Gasteiger partial charge on any atom is 0.164 e. The molecule has 0 aliphatic carbocycles. The van der Waals surface area contributed by atoms with E-state index in [1.165, 1.54) is 48.0 Å². The molecule has 9 rings (SSSR count). The quantitative estimate of drug-likeness (QED) is 0.181. The van der Waals surface area contributed by atoms with Gasteiger partial charge >= 0.3 is 0 Å². The minimum absolute atomic E-state index is 0.648. The molecule has 7 aromatic carbocycles. The van der Waals surface area contributed by atoms with Gasteiger partial charge in [-0.15, -0.1) is 11.3 Å². The number of aromatic nitrogens is 3. The number of nitrogens with zero attached hydrogens (tertiary/aromatic N) is 3. The van der Waals surface area contributed by atoms with Crippen LogP contribution in [0.2, 0.25) is 0 Å². The largest absolute Gasteiger partial charge is 0.208 e. The molecule has 0 unspecified atom stereocenters. The van der Waals surface area contributed by atoms with Crippen LogP contribution in [0.5, 0.6) is 0 Å². The number of hydrogen-bond donors (Lipinski definition) is 0. The fourth-order valence-corrected chi connectivity index (χ4v) is 7.58. The Morgan fingerprint density at radius 3 is 1.31 bits per heavy atom. The van der Waals surface area contributed by atoms with Gasteiger partial charge in [0.05, 0.1) is 0 Å². The molecule has 0 N–H and O–H groups in total. The van der Waals surface area contributed by atoms with Gasteiger partial charge in [0.1, 0.15) is 0 Å². The first-order valence-corrected chi connectivity index (χ1v) is 17.2. The number of thiophene rings is 1. The van der Waals surface area contributed by atoms with Crippen LogP contribution >= 0.6 is 11.3 Å². The molecule has 230 valence electrons. The van der Waals surface area contributed by atoms with Crippen LogP contribution in [-0.4, -0.2) is 15.0 Å². The Kier molecular flexibility index (Phi) is 7.34. The maximum absolute atomic E-state index is 5.08. The summed E-state index contributed by atoms with van der Waals surface area (Å²) in [6.45, 7) is 0. The zero-order valence-electron chi connectivity index (χ0n) is 26.5. The van der Waals surface area contributed by atoms with Crippen molar-refractivity contribution >= 4 is 31.5 Å². The predicted octanol–water partition coefficient (Wildman–Crippen LogP) is 12.2. The first-order valence-electron chi connectivity index (χ1n) is 16.4. The van der Waals surface area contributed by atoms with Gasteiger partial charge in [-0.3, -0.25) is 0 Å². The van der Waals surface area contributed by atoms with Crippen LogP contribution in [0.15, 0.2) is 176 Å². The zero-order valence-corrected chi connectivity index (χ0v) is 27.3. The molecule has 0 amide bonds. The summed E-state index contributed by atoms with van der Waals surface area (Å²) in [5.74, 6) is 1.96. The Hall–Kier alpha value is -6.23. The minimum atomic E-state index is 0.648. The van der Waals surface area contributed by atoms with Gasteiger partial charge in [0, 0.05) is 36.9 Å². The third kappa shape index (κ3) is 5.58. The molecule has 0 saturated heterocycles. The number of fused-ring (bicyclic) bond motifs is 3. The van der Waals surface area contributed by atoms with E-state index in [4.69, 9.17) is 15.0 Å². The highest BCUT2D eigenvalue weighted by Gasteiger charge is 2.16. The Morgan fingerprint density at radius 2 is 0.735 bits per heavy atom. The Morgan fingerprint density at radius 1 is 0.306 bits per heavy atom. The highest BCUT2D eigenvalue weighted by molar-refractivity contribution is 7.26. The van der Waals surface area contributed by atoms with Gasteiger partial charge in [-0.25, -0.2) is 15.0 Å². The van der Waals surface area contributed by atoms with Crippen molar-refractivity contribution in [2.75, 3.05) is 0 Å². The van der Waals surface area contributed by atoms with Crippen molar-refractivity contribution in [1.82, 2.24) is 15.0 Å². The van der Waals surface area contributed by atoms with Crippen molar-refractivity contribution in [1.29, 1.82) is 0 Å². The van der Waals surface area contributed by atoms with E-state index in [-0.39, 0.29) is 0 Å². The lowest BCUT2D eigenvalue weighted by Gasteiger charge is -2.10. The van der Waals surface area contributed by atoms with Gasteiger partial charge in [0.25, 0.3) is 0 Å². The fourth-order valence-electron chi connectivity index (χ4n) is 6.47. The third-order valence-corrected chi connectivity index (χ3v) is 10.1. The van der Waals surface area contributed by atoms with E-state index < -0.39 is 0 Å². The Balaban J connectivity index is 1.13. The molecule has 0 bridgehead atoms. The van der Waals surface area contributed by atoms with Gasteiger partial charge in [-0.2, -0.15) is 0 Å². The molecule has 0 aliphatic heterocycles. The molecule has 0 atom stereocenters. The summed E-state index contributed by atoms with van der Waals surface area (Å²) in [7, 11) is 0. The molecule has 49 heavy (non-hydrogen) atoms. The fraction of sp³-hybridized carbons (Fsp3) is 0. The van der Waals surface area contributed by atoms with Crippen LogP contribution in [0.3, 0.4) is 0 Å². The van der Waals surface area contributed by atoms with E-state index in [9.17, 15) is 0 Å². The molecule has 3 nitrogen and oxygen atoms in total. The lowest BCUT2D eigenvalue weighted by atomic mass is 9.99. The van der Waals surface area contributed by atoms with Crippen LogP contribution in [0.25, 0.3) is 87.7 Å². The third-order valence-electron chi connectivity index (χ3n) is 8.97. The van der Waals surface area contributed by atoms with Crippen LogP contribution in [0.4, 0.5) is 0 Å². The summed E-state index contributed by atoms with van der Waals surface area (Å²) in [6.07, 6.45) is 0. The normalized spacial score (nSPS) is 11.3. The van der Waals surface area contributed by atoms with Crippen molar-refractivity contribution in [3.63, 3.8) is 0 Å². The second kappa shape index (κ2) is 12.4. The monoisotopic (exact) mass is 643 g/mol. The molecule has 4 heteroatoms. The molecular weight excluding hydrogens is 615 g/mol. The maximum atomic E-state index is 5.08. The lowest BCUT2D eigenvalue weighted by molar-refractivity contribution is 1.07. The van der Waals surface area contributed by atoms with Crippen LogP contribution in [-0.2, 0) is 0 Å². The minimum Gasteiger partial charge on any atom is -0.208 e. The molecule has 0 saturated carbocycles. The van der Waals surface area contributed by atoms with Crippen molar-refractivity contribution in [2.45, 2.75) is 0 Å². The van der Waals surface area contributed by atoms with E-state index >= 15 is 0 Å². The van der Waals surface area contributed by atoms with E-state index in [1.54, 1.807) is 0 Å². The van der Waals surface area contributed by atoms with Gasteiger partial charge in [-0.1, -0.05) is 152 Å². The van der Waals surface area contributed by atoms with Crippen LogP contribution in [0.1, 0.15) is 0 Å². The first kappa shape index (κ1) is 29.0. The van der Waals surface area contributed by atoms with Crippen molar-refractivity contribution < 1.29 is 0 Å². The zero-order chi connectivity index (χ0) is 32.6. The average molecular weight is 644 g/mol. The topological polar surface area (TPSA) is 38.7 Å². The smallest absolute Gasteiger partial charge is 0.164 e. The molecule has 0 fully saturated rings. The Labute approximate surface area is 288 Å². The second-order valence-corrected chi connectivity index (χ2v) is 13.1. The molecule has 0 radical (unpaired) electrons. The van der Waals surface area contributed by atoms with Gasteiger partial charge in [0.2, 0.25) is 0 Å². The number of hydrogen-bond acceptors (Lipinski definition) is 4. The summed E-state index contributed by atoms with van der Waals surface area (Å²) in [4.78, 5) is 15.1. The number of benzene rings is 7. The standard InChI is InChI=1S/C45H29N3S/c1-4-11-30(12-5-1)31-19-21-32(22-20-31)33-23-25-36(26-24-33)44-46-43(35-15-8-3-9-16-35)47-45(48-44)37-27-28-40-39(29-37)42-38(17-10-18-41(42)49-40)34-13-6-2-7-14-34/h1-29H. The predicted molar refractivity (Wildman–Crippen MR) is 205 cm³/mol. The average Bonchev–Trinajstić information content (AvgIpc) is 3.57. The highest BCUT2D eigenvalue weighted by atomic mass is 32.1. The van der Waals surface area contributed by atoms with E-state index in [2.05, 4.69) is 140 Å². The Bertz CT molecular complexity index is 2560. The SMILES string of the molecule is c1ccc(-c2ccc(-c3ccc(-c4nc(-c5ccccc5)nc(-c5ccc6sc7cccc(-c8ccccc8)c7c6c5)n4)cc3)cc2)cc1. The van der Waals surface area contributed by atoms with Crippen LogP contribution in [0, 0.1) is 0 Å². The highest BCUT2D eigenvalue weighted by Crippen LogP contribution is 2.41. The van der Waals surface area contributed by atoms with Gasteiger partial charge < -0.3 is 0 Å².